The van der Waals surface area contributed by atoms with Crippen molar-refractivity contribution < 1.29 is 0 Å². The molecule has 4 unspecified atom stereocenters. The first-order valence-corrected chi connectivity index (χ1v) is 5.74. The maximum atomic E-state index is 3.81. The largest absolute Gasteiger partial charge is 0.316 e. The third kappa shape index (κ3) is 2.05. The van der Waals surface area contributed by atoms with E-state index in [1.165, 1.54) is 32.4 Å². The standard InChI is InChI=1S/C11H22N2/c1-8-3-4-10(8)13-11-5-6-12-7-9(11)2/h8-13H,3-7H2,1-2H3. The average molecular weight is 182 g/mol. The first-order valence-electron chi connectivity index (χ1n) is 5.74. The van der Waals surface area contributed by atoms with Gasteiger partial charge in [0.15, 0.2) is 0 Å². The highest BCUT2D eigenvalue weighted by molar-refractivity contribution is 4.90. The summed E-state index contributed by atoms with van der Waals surface area (Å²) in [7, 11) is 0. The van der Waals surface area contributed by atoms with Crippen molar-refractivity contribution >= 4 is 0 Å². The molecule has 0 aromatic rings. The Morgan fingerprint density at radius 1 is 1.00 bits per heavy atom. The molecule has 0 aromatic heterocycles. The topological polar surface area (TPSA) is 24.1 Å². The van der Waals surface area contributed by atoms with Crippen molar-refractivity contribution in [2.45, 2.75) is 45.2 Å². The van der Waals surface area contributed by atoms with Crippen LogP contribution in [0.2, 0.25) is 0 Å². The molecule has 1 saturated heterocycles. The molecule has 0 amide bonds. The van der Waals surface area contributed by atoms with Crippen LogP contribution < -0.4 is 10.6 Å². The zero-order valence-corrected chi connectivity index (χ0v) is 8.84. The van der Waals surface area contributed by atoms with Crippen LogP contribution >= 0.6 is 0 Å². The summed E-state index contributed by atoms with van der Waals surface area (Å²) >= 11 is 0. The van der Waals surface area contributed by atoms with Crippen molar-refractivity contribution in [3.8, 4) is 0 Å². The fourth-order valence-corrected chi connectivity index (χ4v) is 2.45. The Bertz CT molecular complexity index is 169. The van der Waals surface area contributed by atoms with E-state index >= 15 is 0 Å². The Morgan fingerprint density at radius 3 is 2.31 bits per heavy atom. The van der Waals surface area contributed by atoms with E-state index in [2.05, 4.69) is 24.5 Å². The summed E-state index contributed by atoms with van der Waals surface area (Å²) < 4.78 is 0. The fraction of sp³-hybridized carbons (Fsp3) is 1.00. The predicted molar refractivity (Wildman–Crippen MR) is 55.8 cm³/mol. The first kappa shape index (κ1) is 9.47. The molecular formula is C11H22N2. The van der Waals surface area contributed by atoms with Crippen LogP contribution in [0.3, 0.4) is 0 Å². The molecule has 2 nitrogen and oxygen atoms in total. The van der Waals surface area contributed by atoms with Gasteiger partial charge in [-0.3, -0.25) is 0 Å². The molecule has 1 heterocycles. The summed E-state index contributed by atoms with van der Waals surface area (Å²) in [6.07, 6.45) is 4.14. The maximum Gasteiger partial charge on any atom is 0.0120 e. The second kappa shape index (κ2) is 3.97. The maximum absolute atomic E-state index is 3.81. The van der Waals surface area contributed by atoms with Gasteiger partial charge in [-0.2, -0.15) is 0 Å². The lowest BCUT2D eigenvalue weighted by Crippen LogP contribution is -2.54. The summed E-state index contributed by atoms with van der Waals surface area (Å²) in [5, 5.41) is 7.26. The van der Waals surface area contributed by atoms with Crippen LogP contribution in [0.25, 0.3) is 0 Å². The summed E-state index contributed by atoms with van der Waals surface area (Å²) in [6, 6.07) is 1.60. The number of hydrogen-bond donors (Lipinski definition) is 2. The molecule has 2 heteroatoms. The van der Waals surface area contributed by atoms with Crippen LogP contribution in [-0.4, -0.2) is 25.2 Å². The fourth-order valence-electron chi connectivity index (χ4n) is 2.45. The van der Waals surface area contributed by atoms with Crippen molar-refractivity contribution in [2.75, 3.05) is 13.1 Å². The Morgan fingerprint density at radius 2 is 1.77 bits per heavy atom. The van der Waals surface area contributed by atoms with Crippen molar-refractivity contribution in [1.82, 2.24) is 10.6 Å². The Labute approximate surface area is 81.5 Å². The van der Waals surface area contributed by atoms with Gasteiger partial charge in [0, 0.05) is 12.1 Å². The van der Waals surface area contributed by atoms with E-state index in [9.17, 15) is 0 Å². The molecule has 2 fully saturated rings. The molecule has 2 aliphatic rings. The highest BCUT2D eigenvalue weighted by Crippen LogP contribution is 2.28. The molecule has 0 aromatic carbocycles. The van der Waals surface area contributed by atoms with Crippen LogP contribution in [0, 0.1) is 11.8 Å². The second-order valence-electron chi connectivity index (χ2n) is 4.90. The minimum absolute atomic E-state index is 0.772. The van der Waals surface area contributed by atoms with Gasteiger partial charge in [-0.25, -0.2) is 0 Å². The molecule has 0 radical (unpaired) electrons. The Kier molecular flexibility index (Phi) is 2.89. The van der Waals surface area contributed by atoms with Crippen LogP contribution in [0.5, 0.6) is 0 Å². The minimum atomic E-state index is 0.772. The van der Waals surface area contributed by atoms with Crippen LogP contribution in [-0.2, 0) is 0 Å². The number of nitrogens with one attached hydrogen (secondary N) is 2. The summed E-state index contributed by atoms with van der Waals surface area (Å²) in [5.74, 6) is 1.73. The van der Waals surface area contributed by atoms with E-state index in [0.717, 1.165) is 23.9 Å². The molecule has 1 aliphatic heterocycles. The Balaban J connectivity index is 1.78. The van der Waals surface area contributed by atoms with Gasteiger partial charge in [0.25, 0.3) is 0 Å². The van der Waals surface area contributed by atoms with Crippen molar-refractivity contribution in [1.29, 1.82) is 0 Å². The van der Waals surface area contributed by atoms with Gasteiger partial charge in [0.05, 0.1) is 0 Å². The summed E-state index contributed by atoms with van der Waals surface area (Å²) in [4.78, 5) is 0. The minimum Gasteiger partial charge on any atom is -0.316 e. The van der Waals surface area contributed by atoms with Gasteiger partial charge in [-0.05, 0) is 44.2 Å². The zero-order chi connectivity index (χ0) is 9.26. The SMILES string of the molecule is CC1CCC1NC1CCNCC1C. The first-order chi connectivity index (χ1) is 6.27. The molecule has 1 aliphatic carbocycles. The van der Waals surface area contributed by atoms with E-state index in [1.54, 1.807) is 0 Å². The third-order valence-corrected chi connectivity index (χ3v) is 3.83. The highest BCUT2D eigenvalue weighted by atomic mass is 15.0. The molecule has 2 N–H and O–H groups in total. The normalized spacial score (nSPS) is 45.7. The molecule has 76 valence electrons. The molecule has 2 rings (SSSR count). The molecule has 1 saturated carbocycles. The van der Waals surface area contributed by atoms with Crippen molar-refractivity contribution in [3.63, 3.8) is 0 Å². The molecular weight excluding hydrogens is 160 g/mol. The molecule has 4 atom stereocenters. The van der Waals surface area contributed by atoms with E-state index in [-0.39, 0.29) is 0 Å². The molecule has 13 heavy (non-hydrogen) atoms. The van der Waals surface area contributed by atoms with Crippen LogP contribution in [0.15, 0.2) is 0 Å². The van der Waals surface area contributed by atoms with Gasteiger partial charge in [-0.1, -0.05) is 13.8 Å². The third-order valence-electron chi connectivity index (χ3n) is 3.83. The van der Waals surface area contributed by atoms with E-state index in [4.69, 9.17) is 0 Å². The van der Waals surface area contributed by atoms with Crippen LogP contribution in [0.4, 0.5) is 0 Å². The Hall–Kier alpha value is -0.0800. The lowest BCUT2D eigenvalue weighted by atomic mass is 9.79. The smallest absolute Gasteiger partial charge is 0.0120 e. The number of hydrogen-bond acceptors (Lipinski definition) is 2. The van der Waals surface area contributed by atoms with E-state index in [0.29, 0.717) is 0 Å². The molecule has 0 spiro atoms. The average Bonchev–Trinajstić information content (AvgIpc) is 2.14. The quantitative estimate of drug-likeness (QED) is 0.674. The van der Waals surface area contributed by atoms with E-state index < -0.39 is 0 Å². The lowest BCUT2D eigenvalue weighted by molar-refractivity contribution is 0.173. The predicted octanol–water partition coefficient (Wildman–Crippen LogP) is 1.37. The van der Waals surface area contributed by atoms with Crippen molar-refractivity contribution in [2.24, 2.45) is 11.8 Å². The lowest BCUT2D eigenvalue weighted by Gasteiger charge is -2.41. The van der Waals surface area contributed by atoms with Gasteiger partial charge < -0.3 is 10.6 Å². The van der Waals surface area contributed by atoms with Crippen LogP contribution in [0.1, 0.15) is 33.1 Å². The summed E-state index contributed by atoms with van der Waals surface area (Å²) in [5.41, 5.74) is 0. The van der Waals surface area contributed by atoms with Gasteiger partial charge >= 0.3 is 0 Å². The number of rotatable bonds is 2. The van der Waals surface area contributed by atoms with Gasteiger partial charge in [-0.15, -0.1) is 0 Å². The monoisotopic (exact) mass is 182 g/mol. The second-order valence-corrected chi connectivity index (χ2v) is 4.90. The molecule has 0 bridgehead atoms. The van der Waals surface area contributed by atoms with Gasteiger partial charge in [0.1, 0.15) is 0 Å². The van der Waals surface area contributed by atoms with E-state index in [1.807, 2.05) is 0 Å². The number of piperidine rings is 1. The van der Waals surface area contributed by atoms with Crippen molar-refractivity contribution in [3.05, 3.63) is 0 Å². The van der Waals surface area contributed by atoms with Gasteiger partial charge in [0.2, 0.25) is 0 Å². The highest BCUT2D eigenvalue weighted by Gasteiger charge is 2.30. The summed E-state index contributed by atoms with van der Waals surface area (Å²) in [6.45, 7) is 7.11. The zero-order valence-electron chi connectivity index (χ0n) is 8.84.